The van der Waals surface area contributed by atoms with Gasteiger partial charge in [-0.2, -0.15) is 0 Å². The summed E-state index contributed by atoms with van der Waals surface area (Å²) in [7, 11) is 0. The van der Waals surface area contributed by atoms with Crippen LogP contribution in [0.5, 0.6) is 0 Å². The number of anilines is 1. The SMILES string of the molecule is Cc1ccc(C(C)NC(=S)Nc2ccccc2C)cc1. The molecule has 0 heterocycles. The fraction of sp³-hybridized carbons (Fsp3) is 0.235. The van der Waals surface area contributed by atoms with Gasteiger partial charge in [-0.05, 0) is 50.2 Å². The largest absolute Gasteiger partial charge is 0.356 e. The Bertz CT molecular complexity index is 590. The highest BCUT2D eigenvalue weighted by atomic mass is 32.1. The molecule has 2 rings (SSSR count). The molecular weight excluding hydrogens is 264 g/mol. The quantitative estimate of drug-likeness (QED) is 0.819. The van der Waals surface area contributed by atoms with Crippen molar-refractivity contribution >= 4 is 23.0 Å². The number of nitrogens with one attached hydrogen (secondary N) is 2. The van der Waals surface area contributed by atoms with Crippen molar-refractivity contribution in [3.05, 3.63) is 65.2 Å². The number of para-hydroxylation sites is 1. The Labute approximate surface area is 126 Å². The van der Waals surface area contributed by atoms with Crippen molar-refractivity contribution in [2.45, 2.75) is 26.8 Å². The molecule has 3 heteroatoms. The minimum Gasteiger partial charge on any atom is -0.356 e. The Kier molecular flexibility index (Phi) is 4.74. The summed E-state index contributed by atoms with van der Waals surface area (Å²) in [6.45, 7) is 6.26. The molecule has 0 bridgehead atoms. The van der Waals surface area contributed by atoms with Crippen LogP contribution >= 0.6 is 12.2 Å². The summed E-state index contributed by atoms with van der Waals surface area (Å²) in [6.07, 6.45) is 0. The molecule has 2 aromatic carbocycles. The normalized spacial score (nSPS) is 11.8. The van der Waals surface area contributed by atoms with Crippen LogP contribution < -0.4 is 10.6 Å². The number of rotatable bonds is 3. The third kappa shape index (κ3) is 3.81. The van der Waals surface area contributed by atoms with Gasteiger partial charge in [0.15, 0.2) is 5.11 Å². The van der Waals surface area contributed by atoms with Gasteiger partial charge < -0.3 is 10.6 Å². The monoisotopic (exact) mass is 284 g/mol. The van der Waals surface area contributed by atoms with Crippen LogP contribution in [0.1, 0.15) is 29.7 Å². The van der Waals surface area contributed by atoms with Crippen LogP contribution in [0.4, 0.5) is 5.69 Å². The molecule has 2 nitrogen and oxygen atoms in total. The first-order chi connectivity index (χ1) is 9.56. The highest BCUT2D eigenvalue weighted by Crippen LogP contribution is 2.15. The van der Waals surface area contributed by atoms with E-state index in [4.69, 9.17) is 12.2 Å². The molecular formula is C17H20N2S. The first kappa shape index (κ1) is 14.5. The number of thiocarbonyl (C=S) groups is 1. The van der Waals surface area contributed by atoms with Gasteiger partial charge in [-0.3, -0.25) is 0 Å². The third-order valence-corrected chi connectivity index (χ3v) is 3.54. The zero-order valence-electron chi connectivity index (χ0n) is 12.1. The van der Waals surface area contributed by atoms with Crippen molar-refractivity contribution in [3.63, 3.8) is 0 Å². The minimum atomic E-state index is 0.180. The molecule has 0 radical (unpaired) electrons. The van der Waals surface area contributed by atoms with Gasteiger partial charge in [0.25, 0.3) is 0 Å². The van der Waals surface area contributed by atoms with Crippen LogP contribution in [-0.2, 0) is 0 Å². The Morgan fingerprint density at radius 1 is 1.00 bits per heavy atom. The molecule has 0 aliphatic carbocycles. The Morgan fingerprint density at radius 3 is 2.30 bits per heavy atom. The molecule has 0 saturated heterocycles. The van der Waals surface area contributed by atoms with Gasteiger partial charge in [-0.1, -0.05) is 48.0 Å². The molecule has 0 fully saturated rings. The van der Waals surface area contributed by atoms with E-state index in [1.807, 2.05) is 18.2 Å². The lowest BCUT2D eigenvalue weighted by Crippen LogP contribution is -2.31. The van der Waals surface area contributed by atoms with E-state index in [9.17, 15) is 0 Å². The zero-order valence-corrected chi connectivity index (χ0v) is 12.9. The van der Waals surface area contributed by atoms with Gasteiger partial charge in [-0.15, -0.1) is 0 Å². The van der Waals surface area contributed by atoms with Crippen molar-refractivity contribution in [1.82, 2.24) is 5.32 Å². The molecule has 0 aromatic heterocycles. The minimum absolute atomic E-state index is 0.180. The van der Waals surface area contributed by atoms with E-state index in [-0.39, 0.29) is 6.04 Å². The van der Waals surface area contributed by atoms with E-state index in [0.717, 1.165) is 5.69 Å². The highest BCUT2D eigenvalue weighted by Gasteiger charge is 2.07. The fourth-order valence-electron chi connectivity index (χ4n) is 2.01. The molecule has 2 N–H and O–H groups in total. The van der Waals surface area contributed by atoms with Gasteiger partial charge in [-0.25, -0.2) is 0 Å². The average molecular weight is 284 g/mol. The van der Waals surface area contributed by atoms with Crippen LogP contribution in [0.25, 0.3) is 0 Å². The first-order valence-electron chi connectivity index (χ1n) is 6.76. The van der Waals surface area contributed by atoms with E-state index in [0.29, 0.717) is 5.11 Å². The summed E-state index contributed by atoms with van der Waals surface area (Å²) in [6, 6.07) is 16.8. The summed E-state index contributed by atoms with van der Waals surface area (Å²) in [5.41, 5.74) is 4.71. The van der Waals surface area contributed by atoms with Gasteiger partial charge >= 0.3 is 0 Å². The number of hydrogen-bond acceptors (Lipinski definition) is 1. The molecule has 20 heavy (non-hydrogen) atoms. The van der Waals surface area contributed by atoms with Crippen LogP contribution in [0, 0.1) is 13.8 Å². The average Bonchev–Trinajstić information content (AvgIpc) is 2.42. The van der Waals surface area contributed by atoms with E-state index in [2.05, 4.69) is 61.7 Å². The van der Waals surface area contributed by atoms with E-state index >= 15 is 0 Å². The Balaban J connectivity index is 1.98. The standard InChI is InChI=1S/C17H20N2S/c1-12-8-10-15(11-9-12)14(3)18-17(20)19-16-7-5-4-6-13(16)2/h4-11,14H,1-3H3,(H2,18,19,20). The maximum absolute atomic E-state index is 5.38. The lowest BCUT2D eigenvalue weighted by molar-refractivity contribution is 0.722. The molecule has 2 aromatic rings. The molecule has 0 amide bonds. The topological polar surface area (TPSA) is 24.1 Å². The number of aryl methyl sites for hydroxylation is 2. The summed E-state index contributed by atoms with van der Waals surface area (Å²) < 4.78 is 0. The van der Waals surface area contributed by atoms with Gasteiger partial charge in [0.2, 0.25) is 0 Å². The lowest BCUT2D eigenvalue weighted by atomic mass is 10.1. The van der Waals surface area contributed by atoms with E-state index in [1.165, 1.54) is 16.7 Å². The molecule has 104 valence electrons. The zero-order chi connectivity index (χ0) is 14.5. The van der Waals surface area contributed by atoms with Crippen LogP contribution in [0.15, 0.2) is 48.5 Å². The second-order valence-electron chi connectivity index (χ2n) is 5.05. The van der Waals surface area contributed by atoms with Crippen molar-refractivity contribution in [2.24, 2.45) is 0 Å². The smallest absolute Gasteiger partial charge is 0.171 e. The second kappa shape index (κ2) is 6.53. The Morgan fingerprint density at radius 2 is 1.65 bits per heavy atom. The van der Waals surface area contributed by atoms with Gasteiger partial charge in [0.1, 0.15) is 0 Å². The number of benzene rings is 2. The molecule has 1 unspecified atom stereocenters. The summed E-state index contributed by atoms with van der Waals surface area (Å²) in [4.78, 5) is 0. The molecule has 0 aliphatic heterocycles. The van der Waals surface area contributed by atoms with Crippen molar-refractivity contribution in [1.29, 1.82) is 0 Å². The summed E-state index contributed by atoms with van der Waals surface area (Å²) in [5.74, 6) is 0. The molecule has 0 saturated carbocycles. The maximum atomic E-state index is 5.38. The summed E-state index contributed by atoms with van der Waals surface area (Å²) in [5, 5.41) is 7.20. The maximum Gasteiger partial charge on any atom is 0.171 e. The predicted molar refractivity (Wildman–Crippen MR) is 90.1 cm³/mol. The van der Waals surface area contributed by atoms with Crippen LogP contribution in [-0.4, -0.2) is 5.11 Å². The van der Waals surface area contributed by atoms with Crippen molar-refractivity contribution in [2.75, 3.05) is 5.32 Å². The van der Waals surface area contributed by atoms with Gasteiger partial charge in [0.05, 0.1) is 6.04 Å². The molecule has 1 atom stereocenters. The van der Waals surface area contributed by atoms with Crippen molar-refractivity contribution < 1.29 is 0 Å². The Hall–Kier alpha value is -1.87. The van der Waals surface area contributed by atoms with Crippen LogP contribution in [0.3, 0.4) is 0 Å². The third-order valence-electron chi connectivity index (χ3n) is 3.32. The second-order valence-corrected chi connectivity index (χ2v) is 5.45. The van der Waals surface area contributed by atoms with Gasteiger partial charge in [0, 0.05) is 5.69 Å². The fourth-order valence-corrected chi connectivity index (χ4v) is 2.29. The highest BCUT2D eigenvalue weighted by molar-refractivity contribution is 7.80. The van der Waals surface area contributed by atoms with E-state index in [1.54, 1.807) is 0 Å². The predicted octanol–water partition coefficient (Wildman–Crippen LogP) is 4.35. The van der Waals surface area contributed by atoms with E-state index < -0.39 is 0 Å². The first-order valence-corrected chi connectivity index (χ1v) is 7.17. The lowest BCUT2D eigenvalue weighted by Gasteiger charge is -2.18. The summed E-state index contributed by atoms with van der Waals surface area (Å²) >= 11 is 5.38. The number of hydrogen-bond donors (Lipinski definition) is 2. The van der Waals surface area contributed by atoms with Crippen LogP contribution in [0.2, 0.25) is 0 Å². The van der Waals surface area contributed by atoms with Crippen molar-refractivity contribution in [3.8, 4) is 0 Å². The molecule has 0 spiro atoms. The molecule has 0 aliphatic rings.